The van der Waals surface area contributed by atoms with Crippen LogP contribution < -0.4 is 20.9 Å². The zero-order valence-electron chi connectivity index (χ0n) is 16.9. The number of rotatable bonds is 5. The first-order valence-electron chi connectivity index (χ1n) is 10.2. The van der Waals surface area contributed by atoms with E-state index in [0.717, 1.165) is 25.9 Å². The van der Waals surface area contributed by atoms with Crippen molar-refractivity contribution in [2.24, 2.45) is 0 Å². The summed E-state index contributed by atoms with van der Waals surface area (Å²) in [5, 5.41) is 8.15. The van der Waals surface area contributed by atoms with Gasteiger partial charge in [-0.15, -0.1) is 0 Å². The third kappa shape index (κ3) is 5.01. The van der Waals surface area contributed by atoms with E-state index in [4.69, 9.17) is 0 Å². The van der Waals surface area contributed by atoms with Crippen molar-refractivity contribution in [1.29, 1.82) is 0 Å². The molecule has 6 nitrogen and oxygen atoms in total. The standard InChI is InChI=1S/C24H23FN4O2/c25-20-9-6-10-21(29-15-4-5-16-29)22(20)28-23(30)17-11-13-19(14-12-17)27-24(31)26-18-7-2-1-3-8-18/h1-3,6-14H,4-5,15-16H2,(H,28,30)(H2,26,27,31). The van der Waals surface area contributed by atoms with Gasteiger partial charge in [0.1, 0.15) is 11.5 Å². The Morgan fingerprint density at radius 2 is 1.39 bits per heavy atom. The molecule has 1 saturated heterocycles. The Balaban J connectivity index is 1.42. The van der Waals surface area contributed by atoms with E-state index in [2.05, 4.69) is 20.9 Å². The van der Waals surface area contributed by atoms with E-state index in [1.807, 2.05) is 24.3 Å². The lowest BCUT2D eigenvalue weighted by atomic mass is 10.1. The Labute approximate surface area is 180 Å². The highest BCUT2D eigenvalue weighted by atomic mass is 19.1. The van der Waals surface area contributed by atoms with Crippen LogP contribution in [0.15, 0.2) is 72.8 Å². The van der Waals surface area contributed by atoms with Crippen molar-refractivity contribution in [1.82, 2.24) is 0 Å². The summed E-state index contributed by atoms with van der Waals surface area (Å²) in [6.45, 7) is 1.69. The molecule has 1 heterocycles. The van der Waals surface area contributed by atoms with Gasteiger partial charge in [0.25, 0.3) is 5.91 Å². The average molecular weight is 418 g/mol. The van der Waals surface area contributed by atoms with Gasteiger partial charge >= 0.3 is 6.03 Å². The van der Waals surface area contributed by atoms with E-state index in [1.54, 1.807) is 42.5 Å². The Bertz CT molecular complexity index is 1060. The predicted octanol–water partition coefficient (Wildman–Crippen LogP) is 5.32. The summed E-state index contributed by atoms with van der Waals surface area (Å²) in [6.07, 6.45) is 2.10. The van der Waals surface area contributed by atoms with Crippen molar-refractivity contribution < 1.29 is 14.0 Å². The topological polar surface area (TPSA) is 73.5 Å². The molecule has 0 aliphatic carbocycles. The summed E-state index contributed by atoms with van der Waals surface area (Å²) in [5.41, 5.74) is 2.47. The van der Waals surface area contributed by atoms with E-state index >= 15 is 0 Å². The summed E-state index contributed by atoms with van der Waals surface area (Å²) in [6, 6.07) is 19.9. The van der Waals surface area contributed by atoms with Gasteiger partial charge in [0.2, 0.25) is 0 Å². The van der Waals surface area contributed by atoms with Gasteiger partial charge in [0.15, 0.2) is 0 Å². The number of halogens is 1. The van der Waals surface area contributed by atoms with E-state index in [0.29, 0.717) is 22.6 Å². The number of amides is 3. The molecule has 3 N–H and O–H groups in total. The van der Waals surface area contributed by atoms with E-state index < -0.39 is 11.7 Å². The molecule has 0 bridgehead atoms. The summed E-state index contributed by atoms with van der Waals surface area (Å²) in [5.74, 6) is -0.876. The second kappa shape index (κ2) is 9.30. The van der Waals surface area contributed by atoms with Gasteiger partial charge in [-0.3, -0.25) is 4.79 Å². The molecule has 1 fully saturated rings. The number of anilines is 4. The van der Waals surface area contributed by atoms with Crippen molar-refractivity contribution >= 4 is 34.7 Å². The number of carbonyl (C=O) groups is 2. The number of para-hydroxylation sites is 2. The molecule has 3 amide bonds. The van der Waals surface area contributed by atoms with Crippen molar-refractivity contribution in [3.05, 3.63) is 84.2 Å². The van der Waals surface area contributed by atoms with Gasteiger partial charge in [0.05, 0.1) is 5.69 Å². The smallest absolute Gasteiger partial charge is 0.323 e. The normalized spacial score (nSPS) is 13.0. The zero-order chi connectivity index (χ0) is 21.6. The van der Waals surface area contributed by atoms with E-state index in [1.165, 1.54) is 6.07 Å². The van der Waals surface area contributed by atoms with Crippen LogP contribution in [0.2, 0.25) is 0 Å². The van der Waals surface area contributed by atoms with Gasteiger partial charge < -0.3 is 20.9 Å². The lowest BCUT2D eigenvalue weighted by Crippen LogP contribution is -2.22. The Morgan fingerprint density at radius 1 is 0.742 bits per heavy atom. The number of hydrogen-bond acceptors (Lipinski definition) is 3. The van der Waals surface area contributed by atoms with Crippen LogP contribution in [0.25, 0.3) is 0 Å². The molecule has 3 aromatic rings. The molecule has 0 saturated carbocycles. The van der Waals surface area contributed by atoms with Crippen LogP contribution in [-0.4, -0.2) is 25.0 Å². The molecule has 0 radical (unpaired) electrons. The maximum Gasteiger partial charge on any atom is 0.323 e. The fourth-order valence-electron chi connectivity index (χ4n) is 3.56. The summed E-state index contributed by atoms with van der Waals surface area (Å²) < 4.78 is 14.5. The van der Waals surface area contributed by atoms with Crippen LogP contribution in [0.3, 0.4) is 0 Å². The molecular weight excluding hydrogens is 395 g/mol. The molecule has 4 rings (SSSR count). The molecule has 0 unspecified atom stereocenters. The fourth-order valence-corrected chi connectivity index (χ4v) is 3.56. The predicted molar refractivity (Wildman–Crippen MR) is 121 cm³/mol. The quantitative estimate of drug-likeness (QED) is 0.525. The number of nitrogens with zero attached hydrogens (tertiary/aromatic N) is 1. The molecule has 0 aromatic heterocycles. The van der Waals surface area contributed by atoms with Crippen LogP contribution >= 0.6 is 0 Å². The first-order chi connectivity index (χ1) is 15.1. The minimum atomic E-state index is -0.464. The number of benzene rings is 3. The zero-order valence-corrected chi connectivity index (χ0v) is 16.9. The van der Waals surface area contributed by atoms with Gasteiger partial charge in [-0.05, 0) is 61.4 Å². The lowest BCUT2D eigenvalue weighted by molar-refractivity contribution is 0.102. The number of hydrogen-bond donors (Lipinski definition) is 3. The highest BCUT2D eigenvalue weighted by Crippen LogP contribution is 2.31. The molecular formula is C24H23FN4O2. The Morgan fingerprint density at radius 3 is 2.06 bits per heavy atom. The highest BCUT2D eigenvalue weighted by Gasteiger charge is 2.20. The van der Waals surface area contributed by atoms with E-state index in [9.17, 15) is 14.0 Å². The molecule has 7 heteroatoms. The molecule has 0 atom stereocenters. The molecule has 0 spiro atoms. The Kier molecular flexibility index (Phi) is 6.12. The van der Waals surface area contributed by atoms with Gasteiger partial charge in [-0.2, -0.15) is 0 Å². The molecule has 1 aliphatic heterocycles. The average Bonchev–Trinajstić information content (AvgIpc) is 3.31. The van der Waals surface area contributed by atoms with Crippen LogP contribution in [0.5, 0.6) is 0 Å². The van der Waals surface area contributed by atoms with E-state index in [-0.39, 0.29) is 11.7 Å². The number of nitrogens with one attached hydrogen (secondary N) is 3. The maximum absolute atomic E-state index is 14.5. The van der Waals surface area contributed by atoms with Crippen LogP contribution in [0.4, 0.5) is 31.9 Å². The van der Waals surface area contributed by atoms with Crippen molar-refractivity contribution in [2.45, 2.75) is 12.8 Å². The maximum atomic E-state index is 14.5. The third-order valence-electron chi connectivity index (χ3n) is 5.11. The minimum Gasteiger partial charge on any atom is -0.370 e. The van der Waals surface area contributed by atoms with Crippen molar-refractivity contribution in [3.63, 3.8) is 0 Å². The second-order valence-electron chi connectivity index (χ2n) is 7.30. The van der Waals surface area contributed by atoms with Gasteiger partial charge in [-0.25, -0.2) is 9.18 Å². The minimum absolute atomic E-state index is 0.193. The van der Waals surface area contributed by atoms with Crippen LogP contribution in [0.1, 0.15) is 23.2 Å². The lowest BCUT2D eigenvalue weighted by Gasteiger charge is -2.22. The van der Waals surface area contributed by atoms with Gasteiger partial charge in [0, 0.05) is 30.0 Å². The number of carbonyl (C=O) groups excluding carboxylic acids is 2. The number of urea groups is 1. The van der Waals surface area contributed by atoms with Crippen molar-refractivity contribution in [2.75, 3.05) is 33.9 Å². The molecule has 158 valence electrons. The molecule has 1 aliphatic rings. The first kappa shape index (κ1) is 20.4. The molecule has 31 heavy (non-hydrogen) atoms. The third-order valence-corrected chi connectivity index (χ3v) is 5.11. The van der Waals surface area contributed by atoms with Crippen LogP contribution in [0, 0.1) is 5.82 Å². The van der Waals surface area contributed by atoms with Crippen LogP contribution in [-0.2, 0) is 0 Å². The molecule has 3 aromatic carbocycles. The fraction of sp³-hybridized carbons (Fsp3) is 0.167. The Hall–Kier alpha value is -3.87. The summed E-state index contributed by atoms with van der Waals surface area (Å²) >= 11 is 0. The summed E-state index contributed by atoms with van der Waals surface area (Å²) in [4.78, 5) is 26.9. The van der Waals surface area contributed by atoms with Crippen molar-refractivity contribution in [3.8, 4) is 0 Å². The monoisotopic (exact) mass is 418 g/mol. The highest BCUT2D eigenvalue weighted by molar-refractivity contribution is 6.06. The first-order valence-corrected chi connectivity index (χ1v) is 10.2. The largest absolute Gasteiger partial charge is 0.370 e. The second-order valence-corrected chi connectivity index (χ2v) is 7.30. The van der Waals surface area contributed by atoms with Gasteiger partial charge in [-0.1, -0.05) is 24.3 Å². The summed E-state index contributed by atoms with van der Waals surface area (Å²) in [7, 11) is 0. The SMILES string of the molecule is O=C(Nc1ccccc1)Nc1ccc(C(=O)Nc2c(F)cccc2N2CCCC2)cc1.